The van der Waals surface area contributed by atoms with E-state index in [-0.39, 0.29) is 5.56 Å². The number of carboxylic acid groups (broad SMARTS) is 1. The predicted molar refractivity (Wildman–Crippen MR) is 50.3 cm³/mol. The molecule has 14 heavy (non-hydrogen) atoms. The van der Waals surface area contributed by atoms with Crippen molar-refractivity contribution in [3.8, 4) is 0 Å². The van der Waals surface area contributed by atoms with Crippen LogP contribution in [-0.4, -0.2) is 11.1 Å². The van der Waals surface area contributed by atoms with Gasteiger partial charge in [-0.05, 0) is 12.1 Å². The molecule has 0 amide bonds. The van der Waals surface area contributed by atoms with Crippen LogP contribution in [0.3, 0.4) is 0 Å². The fraction of sp³-hybridized carbons (Fsp3) is 0.222. The van der Waals surface area contributed by atoms with E-state index in [4.69, 9.17) is 5.11 Å². The van der Waals surface area contributed by atoms with E-state index in [9.17, 15) is 13.6 Å². The number of alkyl halides is 2. The molecule has 0 fully saturated rings. The highest BCUT2D eigenvalue weighted by molar-refractivity contribution is 9.10. The molecule has 0 bridgehead atoms. The molecule has 1 aromatic rings. The second-order valence-electron chi connectivity index (χ2n) is 2.79. The van der Waals surface area contributed by atoms with E-state index in [0.29, 0.717) is 4.47 Å². The third-order valence-corrected chi connectivity index (χ3v) is 2.11. The van der Waals surface area contributed by atoms with E-state index < -0.39 is 18.3 Å². The van der Waals surface area contributed by atoms with Crippen molar-refractivity contribution >= 4 is 21.9 Å². The first kappa shape index (κ1) is 11.1. The van der Waals surface area contributed by atoms with E-state index in [2.05, 4.69) is 15.9 Å². The van der Waals surface area contributed by atoms with Gasteiger partial charge in [-0.15, -0.1) is 0 Å². The summed E-state index contributed by atoms with van der Waals surface area (Å²) in [4.78, 5) is 10.2. The molecule has 0 aromatic heterocycles. The Hall–Kier alpha value is -0.970. The van der Waals surface area contributed by atoms with Gasteiger partial charge in [0.05, 0.1) is 0 Å². The van der Waals surface area contributed by atoms with Crippen LogP contribution < -0.4 is 0 Å². The third-order valence-electron chi connectivity index (χ3n) is 1.62. The van der Waals surface area contributed by atoms with Gasteiger partial charge in [-0.25, -0.2) is 8.78 Å². The number of rotatable bonds is 3. The van der Waals surface area contributed by atoms with Crippen molar-refractivity contribution in [1.29, 1.82) is 0 Å². The van der Waals surface area contributed by atoms with Crippen molar-refractivity contribution in [2.75, 3.05) is 0 Å². The summed E-state index contributed by atoms with van der Waals surface area (Å²) >= 11 is 3.04. The van der Waals surface area contributed by atoms with Crippen molar-refractivity contribution in [3.63, 3.8) is 0 Å². The second kappa shape index (κ2) is 4.04. The van der Waals surface area contributed by atoms with E-state index >= 15 is 0 Å². The Morgan fingerprint density at radius 1 is 1.50 bits per heavy atom. The molecular formula is C9H7BrF2O2. The normalized spacial score (nSPS) is 11.4. The van der Waals surface area contributed by atoms with Crippen LogP contribution in [0.25, 0.3) is 0 Å². The summed E-state index contributed by atoms with van der Waals surface area (Å²) in [5.74, 6) is -4.84. The monoisotopic (exact) mass is 264 g/mol. The molecule has 0 radical (unpaired) electrons. The van der Waals surface area contributed by atoms with Gasteiger partial charge >= 0.3 is 5.97 Å². The topological polar surface area (TPSA) is 37.3 Å². The summed E-state index contributed by atoms with van der Waals surface area (Å²) in [5.41, 5.74) is -0.297. The smallest absolute Gasteiger partial charge is 0.309 e. The summed E-state index contributed by atoms with van der Waals surface area (Å²) in [6, 6.07) is 5.45. The largest absolute Gasteiger partial charge is 0.481 e. The molecule has 0 saturated heterocycles. The molecule has 0 aliphatic carbocycles. The van der Waals surface area contributed by atoms with Crippen LogP contribution in [0.15, 0.2) is 28.7 Å². The molecule has 0 unspecified atom stereocenters. The average molecular weight is 265 g/mol. The van der Waals surface area contributed by atoms with Gasteiger partial charge in [-0.1, -0.05) is 28.1 Å². The van der Waals surface area contributed by atoms with Gasteiger partial charge in [0.2, 0.25) is 0 Å². The van der Waals surface area contributed by atoms with Crippen LogP contribution >= 0.6 is 15.9 Å². The van der Waals surface area contributed by atoms with Crippen molar-refractivity contribution in [2.24, 2.45) is 0 Å². The zero-order valence-corrected chi connectivity index (χ0v) is 8.59. The molecule has 0 aliphatic heterocycles. The standard InChI is InChI=1S/C9H7BrF2O2/c10-7-3-1-2-6(4-7)9(11,12)5-8(13)14/h1-4H,5H2,(H,13,14). The number of aliphatic carboxylic acids is 1. The molecule has 0 aliphatic rings. The first-order chi connectivity index (χ1) is 6.42. The maximum atomic E-state index is 13.2. The minimum absolute atomic E-state index is 0.297. The predicted octanol–water partition coefficient (Wildman–Crippen LogP) is 3.02. The first-order valence-corrected chi connectivity index (χ1v) is 4.57. The highest BCUT2D eigenvalue weighted by atomic mass is 79.9. The summed E-state index contributed by atoms with van der Waals surface area (Å²) in [6.07, 6.45) is -1.19. The number of carboxylic acids is 1. The molecule has 0 atom stereocenters. The lowest BCUT2D eigenvalue weighted by molar-refractivity contribution is -0.145. The van der Waals surface area contributed by atoms with Gasteiger partial charge in [0.25, 0.3) is 5.92 Å². The number of benzene rings is 1. The van der Waals surface area contributed by atoms with Gasteiger partial charge in [0, 0.05) is 10.0 Å². The van der Waals surface area contributed by atoms with Crippen molar-refractivity contribution in [1.82, 2.24) is 0 Å². The van der Waals surface area contributed by atoms with Crippen LogP contribution in [0.5, 0.6) is 0 Å². The van der Waals surface area contributed by atoms with Gasteiger partial charge < -0.3 is 5.11 Å². The fourth-order valence-electron chi connectivity index (χ4n) is 1.01. The Kier molecular flexibility index (Phi) is 3.21. The van der Waals surface area contributed by atoms with E-state index in [1.165, 1.54) is 18.2 Å². The first-order valence-electron chi connectivity index (χ1n) is 3.77. The number of carbonyl (C=O) groups is 1. The van der Waals surface area contributed by atoms with Gasteiger partial charge in [0.1, 0.15) is 6.42 Å². The maximum absolute atomic E-state index is 13.2. The Morgan fingerprint density at radius 2 is 2.14 bits per heavy atom. The summed E-state index contributed by atoms with van der Waals surface area (Å²) in [6.45, 7) is 0. The maximum Gasteiger partial charge on any atom is 0.309 e. The molecule has 5 heteroatoms. The molecule has 0 saturated carbocycles. The van der Waals surface area contributed by atoms with E-state index in [1.807, 2.05) is 0 Å². The lowest BCUT2D eigenvalue weighted by atomic mass is 10.1. The number of halogens is 3. The molecule has 0 heterocycles. The SMILES string of the molecule is O=C(O)CC(F)(F)c1cccc(Br)c1. The van der Waals surface area contributed by atoms with Gasteiger partial charge in [0.15, 0.2) is 0 Å². The average Bonchev–Trinajstić information content (AvgIpc) is 2.01. The van der Waals surface area contributed by atoms with Crippen molar-refractivity contribution in [2.45, 2.75) is 12.3 Å². The summed E-state index contributed by atoms with van der Waals surface area (Å²) in [7, 11) is 0. The highest BCUT2D eigenvalue weighted by Crippen LogP contribution is 2.32. The summed E-state index contributed by atoms with van der Waals surface area (Å²) < 4.78 is 26.9. The minimum Gasteiger partial charge on any atom is -0.481 e. The number of hydrogen-bond acceptors (Lipinski definition) is 1. The lowest BCUT2D eigenvalue weighted by Gasteiger charge is -2.14. The molecule has 1 aromatic carbocycles. The Balaban J connectivity index is 2.97. The van der Waals surface area contributed by atoms with E-state index in [1.54, 1.807) is 6.07 Å². The fourth-order valence-corrected chi connectivity index (χ4v) is 1.41. The third kappa shape index (κ3) is 2.77. The molecule has 1 N–H and O–H groups in total. The Labute approximate surface area is 87.7 Å². The van der Waals surface area contributed by atoms with Crippen LogP contribution in [0, 0.1) is 0 Å². The minimum atomic E-state index is -3.32. The van der Waals surface area contributed by atoms with Crippen molar-refractivity contribution in [3.05, 3.63) is 34.3 Å². The zero-order valence-electron chi connectivity index (χ0n) is 7.01. The summed E-state index contributed by atoms with van der Waals surface area (Å²) in [5, 5.41) is 8.29. The Bertz CT molecular complexity index is 352. The van der Waals surface area contributed by atoms with Gasteiger partial charge in [-0.3, -0.25) is 4.79 Å². The van der Waals surface area contributed by atoms with Crippen LogP contribution in [0.1, 0.15) is 12.0 Å². The van der Waals surface area contributed by atoms with Gasteiger partial charge in [-0.2, -0.15) is 0 Å². The Morgan fingerprint density at radius 3 is 2.64 bits per heavy atom. The lowest BCUT2D eigenvalue weighted by Crippen LogP contribution is -2.18. The zero-order chi connectivity index (χ0) is 10.8. The second-order valence-corrected chi connectivity index (χ2v) is 3.70. The van der Waals surface area contributed by atoms with E-state index in [0.717, 1.165) is 0 Å². The molecule has 1 rings (SSSR count). The van der Waals surface area contributed by atoms with Crippen LogP contribution in [-0.2, 0) is 10.7 Å². The van der Waals surface area contributed by atoms with Crippen LogP contribution in [0.2, 0.25) is 0 Å². The number of hydrogen-bond donors (Lipinski definition) is 1. The quantitative estimate of drug-likeness (QED) is 0.912. The molecule has 2 nitrogen and oxygen atoms in total. The highest BCUT2D eigenvalue weighted by Gasteiger charge is 2.34. The molecule has 0 spiro atoms. The van der Waals surface area contributed by atoms with Crippen molar-refractivity contribution < 1.29 is 18.7 Å². The van der Waals surface area contributed by atoms with Crippen LogP contribution in [0.4, 0.5) is 8.78 Å². The molecule has 76 valence electrons. The molecular weight excluding hydrogens is 258 g/mol.